The van der Waals surface area contributed by atoms with Gasteiger partial charge in [0, 0.05) is 13.5 Å². The first-order chi connectivity index (χ1) is 9.71. The largest absolute Gasteiger partial charge is 0.391 e. The summed E-state index contributed by atoms with van der Waals surface area (Å²) in [6, 6.07) is -1.09. The maximum absolute atomic E-state index is 11.3. The summed E-state index contributed by atoms with van der Waals surface area (Å²) in [6.07, 6.45) is -5.56. The van der Waals surface area contributed by atoms with E-state index in [0.717, 1.165) is 0 Å². The molecule has 6 atom stereocenters. The van der Waals surface area contributed by atoms with Crippen LogP contribution in [0.25, 0.3) is 0 Å². The van der Waals surface area contributed by atoms with Crippen molar-refractivity contribution in [3.63, 3.8) is 0 Å². The van der Waals surface area contributed by atoms with Gasteiger partial charge < -0.3 is 40.3 Å². The van der Waals surface area contributed by atoms with Crippen LogP contribution < -0.4 is 5.32 Å². The lowest BCUT2D eigenvalue weighted by Gasteiger charge is -2.45. The van der Waals surface area contributed by atoms with Crippen molar-refractivity contribution in [2.75, 3.05) is 20.3 Å². The first kappa shape index (κ1) is 18.2. The fraction of sp³-hybridized carbons (Fsp3) is 0.917. The number of nitrogens with one attached hydrogen (secondary N) is 1. The number of carbonyl (C=O) groups excluding carboxylic acids is 1. The van der Waals surface area contributed by atoms with Crippen LogP contribution in [0.1, 0.15) is 13.3 Å². The summed E-state index contributed by atoms with van der Waals surface area (Å²) in [5.41, 5.74) is 0. The molecule has 0 aromatic rings. The molecule has 1 rings (SSSR count). The molecular formula is C12H23NO8. The third-order valence-corrected chi connectivity index (χ3v) is 3.29. The number of methoxy groups -OCH3 is 1. The van der Waals surface area contributed by atoms with Gasteiger partial charge in [0.15, 0.2) is 5.79 Å². The Labute approximate surface area is 122 Å². The lowest BCUT2D eigenvalue weighted by molar-refractivity contribution is -0.292. The van der Waals surface area contributed by atoms with Gasteiger partial charge in [0.2, 0.25) is 5.91 Å². The van der Waals surface area contributed by atoms with Crippen LogP contribution in [0.15, 0.2) is 0 Å². The van der Waals surface area contributed by atoms with Crippen molar-refractivity contribution in [3.8, 4) is 0 Å². The second kappa shape index (κ2) is 7.45. The van der Waals surface area contributed by atoms with Crippen LogP contribution in [0.4, 0.5) is 0 Å². The van der Waals surface area contributed by atoms with Gasteiger partial charge >= 0.3 is 0 Å². The van der Waals surface area contributed by atoms with Crippen molar-refractivity contribution in [1.29, 1.82) is 0 Å². The molecule has 9 nitrogen and oxygen atoms in total. The van der Waals surface area contributed by atoms with Crippen molar-refractivity contribution in [2.45, 2.75) is 49.6 Å². The zero-order valence-corrected chi connectivity index (χ0v) is 12.0. The normalized spacial score (nSPS) is 36.0. The molecule has 0 bridgehead atoms. The minimum atomic E-state index is -1.72. The van der Waals surface area contributed by atoms with Crippen LogP contribution in [0.5, 0.6) is 0 Å². The van der Waals surface area contributed by atoms with E-state index in [1.54, 1.807) is 0 Å². The average Bonchev–Trinajstić information content (AvgIpc) is 2.40. The van der Waals surface area contributed by atoms with Gasteiger partial charge in [0.05, 0.1) is 18.8 Å². The number of hydrogen-bond donors (Lipinski definition) is 6. The summed E-state index contributed by atoms with van der Waals surface area (Å²) in [5, 5.41) is 50.8. The molecule has 9 heteroatoms. The smallest absolute Gasteiger partial charge is 0.246 e. The number of aliphatic hydroxyl groups excluding tert-OH is 4. The fourth-order valence-corrected chi connectivity index (χ4v) is 2.33. The molecule has 124 valence electrons. The summed E-state index contributed by atoms with van der Waals surface area (Å²) in [4.78, 5) is 11.3. The number of hydrogen-bond acceptors (Lipinski definition) is 8. The number of ether oxygens (including phenoxy) is 2. The van der Waals surface area contributed by atoms with Crippen molar-refractivity contribution < 1.29 is 39.8 Å². The van der Waals surface area contributed by atoms with E-state index in [1.807, 2.05) is 0 Å². The summed E-state index contributed by atoms with van der Waals surface area (Å²) < 4.78 is 9.98. The van der Waals surface area contributed by atoms with E-state index < -0.39 is 48.8 Å². The van der Waals surface area contributed by atoms with Crippen molar-refractivity contribution in [2.24, 2.45) is 0 Å². The Balaban J connectivity index is 2.91. The Morgan fingerprint density at radius 1 is 1.52 bits per heavy atom. The lowest BCUT2D eigenvalue weighted by Crippen LogP contribution is -2.65. The van der Waals surface area contributed by atoms with Gasteiger partial charge in [0.1, 0.15) is 24.9 Å². The van der Waals surface area contributed by atoms with Gasteiger partial charge in [-0.25, -0.2) is 0 Å². The van der Waals surface area contributed by atoms with Crippen molar-refractivity contribution in [1.82, 2.24) is 5.32 Å². The summed E-state index contributed by atoms with van der Waals surface area (Å²) >= 11 is 0. The lowest BCUT2D eigenvalue weighted by atomic mass is 9.89. The van der Waals surface area contributed by atoms with E-state index in [0.29, 0.717) is 0 Å². The van der Waals surface area contributed by atoms with Crippen LogP contribution in [-0.4, -0.2) is 88.0 Å². The standard InChI is InChI=1S/C12H23NO8/c1-12(19)3-6(15)9(13-8(17)4-14)11(21-12)10(18)7(16)5-20-2/h6-7,9-11,14-16,18-19H,3-5H2,1-2H3,(H,13,17)/t6-,7+,9+,10+,11+,12+/m0/s1. The zero-order chi connectivity index (χ0) is 16.2. The highest BCUT2D eigenvalue weighted by Crippen LogP contribution is 2.29. The molecule has 0 aromatic heterocycles. The fourth-order valence-electron chi connectivity index (χ4n) is 2.33. The maximum atomic E-state index is 11.3. The average molecular weight is 309 g/mol. The van der Waals surface area contributed by atoms with Crippen molar-refractivity contribution in [3.05, 3.63) is 0 Å². The van der Waals surface area contributed by atoms with Crippen LogP contribution in [-0.2, 0) is 14.3 Å². The van der Waals surface area contributed by atoms with E-state index >= 15 is 0 Å². The van der Waals surface area contributed by atoms with Gasteiger partial charge in [-0.3, -0.25) is 4.79 Å². The van der Waals surface area contributed by atoms with Gasteiger partial charge in [-0.05, 0) is 6.92 Å². The Kier molecular flexibility index (Phi) is 6.47. The van der Waals surface area contributed by atoms with E-state index in [-0.39, 0.29) is 13.0 Å². The Bertz CT molecular complexity index is 350. The summed E-state index contributed by atoms with van der Waals surface area (Å²) in [6.45, 7) is 0.297. The monoisotopic (exact) mass is 309 g/mol. The van der Waals surface area contributed by atoms with Crippen LogP contribution in [0, 0.1) is 0 Å². The first-order valence-electron chi connectivity index (χ1n) is 6.55. The van der Waals surface area contributed by atoms with Gasteiger partial charge in [-0.1, -0.05) is 0 Å². The van der Waals surface area contributed by atoms with Gasteiger partial charge in [-0.2, -0.15) is 0 Å². The Morgan fingerprint density at radius 3 is 2.67 bits per heavy atom. The van der Waals surface area contributed by atoms with E-state index in [4.69, 9.17) is 14.6 Å². The van der Waals surface area contributed by atoms with Crippen molar-refractivity contribution >= 4 is 5.91 Å². The summed E-state index contributed by atoms with van der Waals surface area (Å²) in [5.74, 6) is -2.50. The molecular weight excluding hydrogens is 286 g/mol. The molecule has 1 heterocycles. The van der Waals surface area contributed by atoms with E-state index in [2.05, 4.69) is 5.32 Å². The third-order valence-electron chi connectivity index (χ3n) is 3.29. The number of amides is 1. The van der Waals surface area contributed by atoms with Crippen LogP contribution >= 0.6 is 0 Å². The van der Waals surface area contributed by atoms with E-state index in [1.165, 1.54) is 14.0 Å². The number of carbonyl (C=O) groups is 1. The predicted molar refractivity (Wildman–Crippen MR) is 69.0 cm³/mol. The maximum Gasteiger partial charge on any atom is 0.246 e. The molecule has 0 radical (unpaired) electrons. The van der Waals surface area contributed by atoms with Gasteiger partial charge in [-0.15, -0.1) is 0 Å². The quantitative estimate of drug-likeness (QED) is 0.299. The minimum absolute atomic E-state index is 0.195. The topological polar surface area (TPSA) is 149 Å². The summed E-state index contributed by atoms with van der Waals surface area (Å²) in [7, 11) is 1.33. The van der Waals surface area contributed by atoms with Gasteiger partial charge in [0.25, 0.3) is 0 Å². The molecule has 0 unspecified atom stereocenters. The highest BCUT2D eigenvalue weighted by Gasteiger charge is 2.48. The SMILES string of the molecule is COC[C@@H](O)[C@@H](O)[C@@H]1O[C@@](C)(O)C[C@H](O)[C@H]1NC(=O)CO. The molecule has 1 saturated heterocycles. The molecule has 1 aliphatic heterocycles. The zero-order valence-electron chi connectivity index (χ0n) is 12.0. The molecule has 6 N–H and O–H groups in total. The molecule has 0 aliphatic carbocycles. The molecule has 0 saturated carbocycles. The molecule has 21 heavy (non-hydrogen) atoms. The predicted octanol–water partition coefficient (Wildman–Crippen LogP) is -3.31. The molecule has 1 aliphatic rings. The Morgan fingerprint density at radius 2 is 2.14 bits per heavy atom. The van der Waals surface area contributed by atoms with Crippen LogP contribution in [0.3, 0.4) is 0 Å². The second-order valence-corrected chi connectivity index (χ2v) is 5.29. The van der Waals surface area contributed by atoms with Crippen LogP contribution in [0.2, 0.25) is 0 Å². The highest BCUT2D eigenvalue weighted by molar-refractivity contribution is 5.77. The Hall–Kier alpha value is -0.810. The third kappa shape index (κ3) is 4.85. The minimum Gasteiger partial charge on any atom is -0.391 e. The molecule has 1 amide bonds. The number of aliphatic hydroxyl groups is 5. The highest BCUT2D eigenvalue weighted by atomic mass is 16.6. The molecule has 0 aromatic carbocycles. The van der Waals surface area contributed by atoms with E-state index in [9.17, 15) is 25.2 Å². The first-order valence-corrected chi connectivity index (χ1v) is 6.55. The second-order valence-electron chi connectivity index (χ2n) is 5.29. The molecule has 1 fully saturated rings. The molecule has 0 spiro atoms. The number of rotatable bonds is 6.